The van der Waals surface area contributed by atoms with E-state index in [9.17, 15) is 19.2 Å². The Kier molecular flexibility index (Phi) is 14.7. The van der Waals surface area contributed by atoms with E-state index in [2.05, 4.69) is 88.1 Å². The molecule has 0 unspecified atom stereocenters. The zero-order valence-corrected chi connectivity index (χ0v) is 35.6. The van der Waals surface area contributed by atoms with Crippen molar-refractivity contribution in [2.45, 2.75) is 0 Å². The lowest BCUT2D eigenvalue weighted by Gasteiger charge is -2.14. The van der Waals surface area contributed by atoms with Gasteiger partial charge in [-0.15, -0.1) is 0 Å². The maximum absolute atomic E-state index is 11.7. The summed E-state index contributed by atoms with van der Waals surface area (Å²) in [4.78, 5) is 74.2. The number of rotatable bonds is 20. The molecule has 7 aromatic rings. The summed E-state index contributed by atoms with van der Waals surface area (Å²) in [6.07, 6.45) is 4.26. The molecule has 0 saturated heterocycles. The Balaban J connectivity index is 1.14. The second-order valence-corrected chi connectivity index (χ2v) is 13.5. The first-order valence-corrected chi connectivity index (χ1v) is 20.0. The van der Waals surface area contributed by atoms with Gasteiger partial charge in [-0.1, -0.05) is 32.4 Å². The quantitative estimate of drug-likeness (QED) is 0.0237. The van der Waals surface area contributed by atoms with E-state index >= 15 is 0 Å². The lowest BCUT2D eigenvalue weighted by molar-refractivity contribution is -0.129. The minimum Gasteiger partial charge on any atom is -0.423 e. The van der Waals surface area contributed by atoms with Gasteiger partial charge in [-0.25, -0.2) is 19.2 Å². The molecule has 2 heterocycles. The number of aromatic nitrogens is 6. The highest BCUT2D eigenvalue weighted by molar-refractivity contribution is 5.85. The van der Waals surface area contributed by atoms with Crippen LogP contribution in [0.25, 0.3) is 0 Å². The summed E-state index contributed by atoms with van der Waals surface area (Å²) in [5, 5.41) is 19.0. The van der Waals surface area contributed by atoms with Gasteiger partial charge in [0, 0.05) is 58.4 Å². The van der Waals surface area contributed by atoms with E-state index in [1.165, 1.54) is 0 Å². The molecule has 0 spiro atoms. The number of esters is 4. The molecule has 0 amide bonds. The molecule has 20 heteroatoms. The number of hydrogen-bond donors (Lipinski definition) is 6. The summed E-state index contributed by atoms with van der Waals surface area (Å²) in [5.74, 6) is -0.246. The van der Waals surface area contributed by atoms with Gasteiger partial charge in [0.15, 0.2) is 0 Å². The van der Waals surface area contributed by atoms with Crippen molar-refractivity contribution in [3.05, 3.63) is 172 Å². The van der Waals surface area contributed by atoms with Crippen LogP contribution in [0.5, 0.6) is 23.0 Å². The highest BCUT2D eigenvalue weighted by Gasteiger charge is 2.13. The lowest BCUT2D eigenvalue weighted by Crippen LogP contribution is -2.08. The van der Waals surface area contributed by atoms with Crippen LogP contribution in [0.15, 0.2) is 172 Å². The van der Waals surface area contributed by atoms with Crippen molar-refractivity contribution >= 4 is 93.7 Å². The van der Waals surface area contributed by atoms with Crippen molar-refractivity contribution < 1.29 is 38.1 Å². The zero-order chi connectivity index (χ0) is 47.8. The minimum absolute atomic E-state index is 0.143. The number of carbonyl (C=O) groups is 4. The van der Waals surface area contributed by atoms with E-state index in [-0.39, 0.29) is 35.7 Å². The van der Waals surface area contributed by atoms with Crippen LogP contribution >= 0.6 is 0 Å². The standard InChI is InChI=1S/C48H38N12O8/c1-5-39(61)65-35-20-12-29(13-21-35)49-43-55-44(50-30-14-22-36(23-15-30)66-40(62)6-2)58-47(57-43)53-33-10-9-11-34(28-33)54-48-59-45(51-31-16-24-37(25-17-31)67-41(63)7-3)56-46(60-48)52-32-18-26-38(27-19-32)68-42(64)8-4/h5-28H,1-4H2,(H3,49,50,53,55,57,58)(H3,51,52,54,56,59,60). The Labute approximate surface area is 387 Å². The lowest BCUT2D eigenvalue weighted by atomic mass is 10.3. The Morgan fingerprint density at radius 1 is 0.324 bits per heavy atom. The molecule has 20 nitrogen and oxygen atoms in total. The molecule has 68 heavy (non-hydrogen) atoms. The fourth-order valence-electron chi connectivity index (χ4n) is 5.59. The van der Waals surface area contributed by atoms with E-state index < -0.39 is 23.9 Å². The Bertz CT molecular complexity index is 2630. The normalized spacial score (nSPS) is 10.2. The first-order chi connectivity index (χ1) is 33.0. The molecular weight excluding hydrogens is 873 g/mol. The van der Waals surface area contributed by atoms with E-state index in [0.717, 1.165) is 24.3 Å². The summed E-state index contributed by atoms with van der Waals surface area (Å²) in [5.41, 5.74) is 3.40. The topological polar surface area (TPSA) is 255 Å². The molecule has 0 saturated carbocycles. The van der Waals surface area contributed by atoms with Gasteiger partial charge in [-0.2, -0.15) is 29.9 Å². The molecule has 0 atom stereocenters. The third kappa shape index (κ3) is 13.4. The van der Waals surface area contributed by atoms with Gasteiger partial charge in [-0.05, 0) is 115 Å². The van der Waals surface area contributed by atoms with Crippen molar-refractivity contribution in [1.29, 1.82) is 0 Å². The number of nitrogens with one attached hydrogen (secondary N) is 6. The first kappa shape index (κ1) is 45.8. The number of anilines is 12. The van der Waals surface area contributed by atoms with Crippen LogP contribution < -0.4 is 50.8 Å². The number of nitrogens with zero attached hydrogens (tertiary/aromatic N) is 6. The predicted octanol–water partition coefficient (Wildman–Crippen LogP) is 8.88. The highest BCUT2D eigenvalue weighted by Crippen LogP contribution is 2.28. The van der Waals surface area contributed by atoms with Crippen LogP contribution in [0.1, 0.15) is 0 Å². The van der Waals surface area contributed by atoms with Gasteiger partial charge in [0.1, 0.15) is 23.0 Å². The van der Waals surface area contributed by atoms with Gasteiger partial charge >= 0.3 is 23.9 Å². The molecule has 0 aliphatic rings. The summed E-state index contributed by atoms with van der Waals surface area (Å²) < 4.78 is 20.7. The van der Waals surface area contributed by atoms with Crippen molar-refractivity contribution in [3.63, 3.8) is 0 Å². The minimum atomic E-state index is -0.596. The molecule has 0 bridgehead atoms. The monoisotopic (exact) mass is 910 g/mol. The predicted molar refractivity (Wildman–Crippen MR) is 255 cm³/mol. The highest BCUT2D eigenvalue weighted by atomic mass is 16.5. The van der Waals surface area contributed by atoms with Crippen molar-refractivity contribution in [1.82, 2.24) is 29.9 Å². The molecule has 7 rings (SSSR count). The molecule has 5 aromatic carbocycles. The molecule has 0 fully saturated rings. The van der Waals surface area contributed by atoms with Gasteiger partial charge in [-0.3, -0.25) is 0 Å². The first-order valence-electron chi connectivity index (χ1n) is 20.0. The second kappa shape index (κ2) is 21.9. The average Bonchev–Trinajstić information content (AvgIpc) is 3.33. The maximum Gasteiger partial charge on any atom is 0.335 e. The molecule has 0 aliphatic carbocycles. The van der Waals surface area contributed by atoms with Crippen LogP contribution in [-0.4, -0.2) is 53.8 Å². The summed E-state index contributed by atoms with van der Waals surface area (Å²) in [6.45, 7) is 13.7. The number of benzene rings is 5. The third-order valence-corrected chi connectivity index (χ3v) is 8.63. The SMILES string of the molecule is C=CC(=O)Oc1ccc(Nc2nc(Nc3ccc(OC(=O)C=C)cc3)nc(Nc3cccc(Nc4nc(Nc5ccc(OC(=O)C=C)cc5)nc(Nc5ccc(OC(=O)C=C)cc5)n4)c3)n2)cc1. The van der Waals surface area contributed by atoms with E-state index in [0.29, 0.717) is 57.1 Å². The molecular formula is C48H38N12O8. The Hall–Kier alpha value is -10.2. The molecule has 338 valence electrons. The third-order valence-electron chi connectivity index (χ3n) is 8.63. The van der Waals surface area contributed by atoms with Crippen LogP contribution in [-0.2, 0) is 19.2 Å². The van der Waals surface area contributed by atoms with Gasteiger partial charge < -0.3 is 50.8 Å². The molecule has 0 radical (unpaired) electrons. The van der Waals surface area contributed by atoms with Crippen LogP contribution in [0.3, 0.4) is 0 Å². The second-order valence-electron chi connectivity index (χ2n) is 13.5. The summed E-state index contributed by atoms with van der Waals surface area (Å²) >= 11 is 0. The van der Waals surface area contributed by atoms with Crippen LogP contribution in [0, 0.1) is 0 Å². The summed E-state index contributed by atoms with van der Waals surface area (Å²) in [6, 6.07) is 33.3. The van der Waals surface area contributed by atoms with E-state index in [4.69, 9.17) is 18.9 Å². The van der Waals surface area contributed by atoms with Gasteiger partial charge in [0.25, 0.3) is 0 Å². The number of carbonyl (C=O) groups excluding carboxylic acids is 4. The van der Waals surface area contributed by atoms with Crippen molar-refractivity contribution in [2.75, 3.05) is 31.9 Å². The Morgan fingerprint density at radius 2 is 0.529 bits per heavy atom. The van der Waals surface area contributed by atoms with Crippen molar-refractivity contribution in [3.8, 4) is 23.0 Å². The zero-order valence-electron chi connectivity index (χ0n) is 35.6. The van der Waals surface area contributed by atoms with Gasteiger partial charge in [0.05, 0.1) is 0 Å². The maximum atomic E-state index is 11.7. The van der Waals surface area contributed by atoms with E-state index in [1.807, 2.05) is 0 Å². The number of ether oxygens (including phenoxy) is 4. The fourth-order valence-corrected chi connectivity index (χ4v) is 5.59. The summed E-state index contributed by atoms with van der Waals surface area (Å²) in [7, 11) is 0. The smallest absolute Gasteiger partial charge is 0.335 e. The number of hydrogen-bond acceptors (Lipinski definition) is 20. The van der Waals surface area contributed by atoms with Crippen LogP contribution in [0.4, 0.5) is 69.8 Å². The van der Waals surface area contributed by atoms with E-state index in [1.54, 1.807) is 121 Å². The van der Waals surface area contributed by atoms with Crippen LogP contribution in [0.2, 0.25) is 0 Å². The average molecular weight is 911 g/mol. The fraction of sp³-hybridized carbons (Fsp3) is 0. The molecule has 0 aliphatic heterocycles. The van der Waals surface area contributed by atoms with Crippen molar-refractivity contribution in [2.24, 2.45) is 0 Å². The molecule has 6 N–H and O–H groups in total. The largest absolute Gasteiger partial charge is 0.423 e. The van der Waals surface area contributed by atoms with Gasteiger partial charge in [0.2, 0.25) is 35.7 Å². The molecule has 2 aromatic heterocycles. The Morgan fingerprint density at radius 3 is 0.735 bits per heavy atom.